The van der Waals surface area contributed by atoms with Crippen molar-refractivity contribution in [3.63, 3.8) is 0 Å². The van der Waals surface area contributed by atoms with E-state index in [9.17, 15) is 14.4 Å². The molecule has 1 aromatic rings. The second-order valence-electron chi connectivity index (χ2n) is 7.21. The fraction of sp³-hybridized carbons (Fsp3) is 0.526. The van der Waals surface area contributed by atoms with Crippen molar-refractivity contribution in [1.29, 1.82) is 0 Å². The molecule has 0 aromatic heterocycles. The summed E-state index contributed by atoms with van der Waals surface area (Å²) < 4.78 is 0. The number of benzene rings is 1. The largest absolute Gasteiger partial charge is 0.353 e. The van der Waals surface area contributed by atoms with Crippen LogP contribution >= 0.6 is 0 Å². The van der Waals surface area contributed by atoms with Crippen molar-refractivity contribution in [2.24, 2.45) is 5.92 Å². The molecule has 132 valence electrons. The summed E-state index contributed by atoms with van der Waals surface area (Å²) in [6, 6.07) is 8.30. The molecule has 0 bridgehead atoms. The third kappa shape index (κ3) is 2.90. The van der Waals surface area contributed by atoms with Gasteiger partial charge in [-0.25, -0.2) is 9.69 Å². The molecule has 1 aliphatic carbocycles. The number of urea groups is 1. The van der Waals surface area contributed by atoms with E-state index in [1.165, 1.54) is 4.90 Å². The van der Waals surface area contributed by atoms with Gasteiger partial charge >= 0.3 is 6.03 Å². The lowest BCUT2D eigenvalue weighted by atomic mass is 9.96. The normalized spacial score (nSPS) is 26.9. The molecule has 2 aliphatic heterocycles. The Morgan fingerprint density at radius 3 is 2.48 bits per heavy atom. The number of nitrogens with one attached hydrogen (secondary N) is 1. The summed E-state index contributed by atoms with van der Waals surface area (Å²) in [6.45, 7) is 0.508. The SMILES string of the molecule is O=C(N[C@H]1CCN2C(=O)N(c3ccccc3)C(=O)[C@@H]2C1)C1CCCC1. The number of carbonyl (C=O) groups is 3. The first-order chi connectivity index (χ1) is 12.1. The van der Waals surface area contributed by atoms with Crippen molar-refractivity contribution in [1.82, 2.24) is 10.2 Å². The quantitative estimate of drug-likeness (QED) is 0.858. The fourth-order valence-corrected chi connectivity index (χ4v) is 4.25. The van der Waals surface area contributed by atoms with Crippen LogP contribution in [0.15, 0.2) is 30.3 Å². The van der Waals surface area contributed by atoms with Crippen LogP contribution in [0.2, 0.25) is 0 Å². The lowest BCUT2D eigenvalue weighted by Gasteiger charge is -2.33. The molecule has 1 N–H and O–H groups in total. The molecule has 6 nitrogen and oxygen atoms in total. The lowest BCUT2D eigenvalue weighted by molar-refractivity contribution is -0.127. The Balaban J connectivity index is 1.45. The molecule has 4 rings (SSSR count). The number of piperidine rings is 1. The van der Waals surface area contributed by atoms with Gasteiger partial charge in [0.05, 0.1) is 5.69 Å². The van der Waals surface area contributed by atoms with Crippen molar-refractivity contribution >= 4 is 23.5 Å². The number of hydrogen-bond acceptors (Lipinski definition) is 3. The van der Waals surface area contributed by atoms with Crippen LogP contribution in [0.1, 0.15) is 38.5 Å². The van der Waals surface area contributed by atoms with Crippen molar-refractivity contribution in [3.05, 3.63) is 30.3 Å². The average Bonchev–Trinajstić information content (AvgIpc) is 3.24. The van der Waals surface area contributed by atoms with Crippen LogP contribution < -0.4 is 10.2 Å². The van der Waals surface area contributed by atoms with Crippen molar-refractivity contribution in [2.75, 3.05) is 11.4 Å². The van der Waals surface area contributed by atoms with Gasteiger partial charge in [0.25, 0.3) is 5.91 Å². The molecule has 1 saturated carbocycles. The summed E-state index contributed by atoms with van der Waals surface area (Å²) in [7, 11) is 0. The number of anilines is 1. The van der Waals surface area contributed by atoms with E-state index in [1.807, 2.05) is 18.2 Å². The molecule has 2 atom stereocenters. The molecule has 3 fully saturated rings. The molecule has 2 saturated heterocycles. The first-order valence-corrected chi connectivity index (χ1v) is 9.15. The number of hydrogen-bond donors (Lipinski definition) is 1. The number of imide groups is 1. The monoisotopic (exact) mass is 341 g/mol. The molecule has 0 spiro atoms. The van der Waals surface area contributed by atoms with E-state index in [1.54, 1.807) is 17.0 Å². The smallest absolute Gasteiger partial charge is 0.332 e. The van der Waals surface area contributed by atoms with Gasteiger partial charge in [0.1, 0.15) is 6.04 Å². The van der Waals surface area contributed by atoms with Gasteiger partial charge in [-0.3, -0.25) is 9.59 Å². The maximum absolute atomic E-state index is 12.8. The van der Waals surface area contributed by atoms with E-state index in [0.29, 0.717) is 25.1 Å². The van der Waals surface area contributed by atoms with Gasteiger partial charge in [-0.15, -0.1) is 0 Å². The topological polar surface area (TPSA) is 69.7 Å². The first kappa shape index (κ1) is 16.1. The van der Waals surface area contributed by atoms with Gasteiger partial charge in [-0.2, -0.15) is 0 Å². The van der Waals surface area contributed by atoms with Gasteiger partial charge in [0, 0.05) is 18.5 Å². The zero-order valence-electron chi connectivity index (χ0n) is 14.2. The second kappa shape index (κ2) is 6.50. The van der Waals surface area contributed by atoms with Gasteiger partial charge < -0.3 is 10.2 Å². The highest BCUT2D eigenvalue weighted by Crippen LogP contribution is 2.31. The molecule has 25 heavy (non-hydrogen) atoms. The Bertz CT molecular complexity index is 684. The standard InChI is InChI=1S/C19H23N3O3/c23-17(13-6-4-5-7-13)20-14-10-11-21-16(12-14)18(24)22(19(21)25)15-8-2-1-3-9-15/h1-3,8-9,13-14,16H,4-7,10-12H2,(H,20,23)/t14-,16-/m0/s1. The number of nitrogens with zero attached hydrogens (tertiary/aromatic N) is 2. The van der Waals surface area contributed by atoms with Crippen molar-refractivity contribution in [3.8, 4) is 0 Å². The van der Waals surface area contributed by atoms with Crippen LogP contribution in [0.3, 0.4) is 0 Å². The molecule has 1 aromatic carbocycles. The van der Waals surface area contributed by atoms with Gasteiger partial charge in [0.15, 0.2) is 0 Å². The minimum absolute atomic E-state index is 0.0261. The van der Waals surface area contributed by atoms with Gasteiger partial charge in [0.2, 0.25) is 5.91 Å². The van der Waals surface area contributed by atoms with Crippen LogP contribution in [0.4, 0.5) is 10.5 Å². The number of rotatable bonds is 3. The van der Waals surface area contributed by atoms with E-state index in [0.717, 1.165) is 25.7 Å². The Labute approximate surface area is 147 Å². The van der Waals surface area contributed by atoms with Gasteiger partial charge in [-0.1, -0.05) is 31.0 Å². The summed E-state index contributed by atoms with van der Waals surface area (Å²) >= 11 is 0. The number of carbonyl (C=O) groups excluding carboxylic acids is 3. The zero-order valence-corrected chi connectivity index (χ0v) is 14.2. The number of amides is 4. The summed E-state index contributed by atoms with van der Waals surface area (Å²) in [6.07, 6.45) is 5.39. The van der Waals surface area contributed by atoms with Crippen LogP contribution in [0.5, 0.6) is 0 Å². The van der Waals surface area contributed by atoms with E-state index in [2.05, 4.69) is 5.32 Å². The first-order valence-electron chi connectivity index (χ1n) is 9.15. The van der Waals surface area contributed by atoms with Crippen LogP contribution in [-0.2, 0) is 9.59 Å². The van der Waals surface area contributed by atoms with E-state index in [-0.39, 0.29) is 29.8 Å². The van der Waals surface area contributed by atoms with Gasteiger partial charge in [-0.05, 0) is 37.8 Å². The highest BCUT2D eigenvalue weighted by atomic mass is 16.2. The Morgan fingerprint density at radius 2 is 1.76 bits per heavy atom. The van der Waals surface area contributed by atoms with Crippen LogP contribution in [0, 0.1) is 5.92 Å². The molecule has 3 aliphatic rings. The molecular weight excluding hydrogens is 318 g/mol. The summed E-state index contributed by atoms with van der Waals surface area (Å²) in [5, 5.41) is 3.12. The van der Waals surface area contributed by atoms with E-state index >= 15 is 0 Å². The van der Waals surface area contributed by atoms with E-state index < -0.39 is 6.04 Å². The van der Waals surface area contributed by atoms with Crippen molar-refractivity contribution in [2.45, 2.75) is 50.6 Å². The fourth-order valence-electron chi connectivity index (χ4n) is 4.25. The molecular formula is C19H23N3O3. The zero-order chi connectivity index (χ0) is 17.4. The Morgan fingerprint density at radius 1 is 1.04 bits per heavy atom. The van der Waals surface area contributed by atoms with Crippen molar-refractivity contribution < 1.29 is 14.4 Å². The van der Waals surface area contributed by atoms with Crippen LogP contribution in [0.25, 0.3) is 0 Å². The number of para-hydroxylation sites is 1. The summed E-state index contributed by atoms with van der Waals surface area (Å²) in [5.74, 6) is 0.0587. The maximum Gasteiger partial charge on any atom is 0.332 e. The lowest BCUT2D eigenvalue weighted by Crippen LogP contribution is -2.50. The minimum atomic E-state index is -0.463. The third-order valence-corrected chi connectivity index (χ3v) is 5.63. The molecule has 6 heteroatoms. The predicted octanol–water partition coefficient (Wildman–Crippen LogP) is 2.29. The Hall–Kier alpha value is -2.37. The summed E-state index contributed by atoms with van der Waals surface area (Å²) in [5.41, 5.74) is 0.610. The number of fused-ring (bicyclic) bond motifs is 1. The average molecular weight is 341 g/mol. The molecule has 0 unspecified atom stereocenters. The Kier molecular flexibility index (Phi) is 4.19. The van der Waals surface area contributed by atoms with Crippen LogP contribution in [-0.4, -0.2) is 41.4 Å². The maximum atomic E-state index is 12.8. The second-order valence-corrected chi connectivity index (χ2v) is 7.21. The highest BCUT2D eigenvalue weighted by molar-refractivity contribution is 6.21. The molecule has 2 heterocycles. The minimum Gasteiger partial charge on any atom is -0.353 e. The van der Waals surface area contributed by atoms with E-state index in [4.69, 9.17) is 0 Å². The molecule has 0 radical (unpaired) electrons. The predicted molar refractivity (Wildman–Crippen MR) is 92.9 cm³/mol. The third-order valence-electron chi connectivity index (χ3n) is 5.63. The highest BCUT2D eigenvalue weighted by Gasteiger charge is 2.48. The molecule has 4 amide bonds. The summed E-state index contributed by atoms with van der Waals surface area (Å²) in [4.78, 5) is 40.7.